The lowest BCUT2D eigenvalue weighted by atomic mass is 10.3. The molecule has 0 unspecified atom stereocenters. The summed E-state index contributed by atoms with van der Waals surface area (Å²) < 4.78 is 5.35. The van der Waals surface area contributed by atoms with Crippen molar-refractivity contribution in [2.45, 2.75) is 39.5 Å². The highest BCUT2D eigenvalue weighted by Gasteiger charge is 1.78. The molecule has 76 valence electrons. The molecule has 0 N–H and O–H groups in total. The first-order chi connectivity index (χ1) is 6.41. The van der Waals surface area contributed by atoms with Crippen LogP contribution in [0.15, 0.2) is 24.3 Å². The number of unbranched alkanes of at least 4 members (excludes halogenated alkanes) is 2. The second-order valence-electron chi connectivity index (χ2n) is 3.06. The molecule has 13 heavy (non-hydrogen) atoms. The molecule has 0 radical (unpaired) electrons. The van der Waals surface area contributed by atoms with E-state index in [9.17, 15) is 0 Å². The van der Waals surface area contributed by atoms with Crippen molar-refractivity contribution in [1.82, 2.24) is 0 Å². The molecule has 0 atom stereocenters. The van der Waals surface area contributed by atoms with Crippen molar-refractivity contribution in [3.05, 3.63) is 24.3 Å². The predicted molar refractivity (Wildman–Crippen MR) is 58.9 cm³/mol. The van der Waals surface area contributed by atoms with Gasteiger partial charge in [0.2, 0.25) is 0 Å². The average Bonchev–Trinajstić information content (AvgIpc) is 2.16. The van der Waals surface area contributed by atoms with Crippen LogP contribution in [-0.2, 0) is 4.74 Å². The van der Waals surface area contributed by atoms with Gasteiger partial charge in [-0.25, -0.2) is 0 Å². The third-order valence-electron chi connectivity index (χ3n) is 1.67. The highest BCUT2D eigenvalue weighted by atomic mass is 16.5. The van der Waals surface area contributed by atoms with Gasteiger partial charge in [-0.2, -0.15) is 0 Å². The van der Waals surface area contributed by atoms with Crippen molar-refractivity contribution < 1.29 is 4.74 Å². The summed E-state index contributed by atoms with van der Waals surface area (Å²) in [6.07, 6.45) is 13.3. The second kappa shape index (κ2) is 11.4. The van der Waals surface area contributed by atoms with Crippen LogP contribution >= 0.6 is 0 Å². The summed E-state index contributed by atoms with van der Waals surface area (Å²) in [5.74, 6) is 0. The van der Waals surface area contributed by atoms with E-state index < -0.39 is 0 Å². The molecule has 0 aliphatic heterocycles. The normalized spacial score (nSPS) is 11.8. The first kappa shape index (κ1) is 12.4. The van der Waals surface area contributed by atoms with Crippen molar-refractivity contribution in [3.8, 4) is 0 Å². The lowest BCUT2D eigenvalue weighted by molar-refractivity contribution is 0.193. The quantitative estimate of drug-likeness (QED) is 0.410. The Kier molecular flexibility index (Phi) is 10.9. The average molecular weight is 182 g/mol. The molecular formula is C12H22O. The molecule has 1 nitrogen and oxygen atoms in total. The van der Waals surface area contributed by atoms with Gasteiger partial charge < -0.3 is 4.74 Å². The molecule has 0 rings (SSSR count). The molecule has 0 amide bonds. The van der Waals surface area contributed by atoms with Gasteiger partial charge in [0, 0.05) is 0 Å². The number of allylic oxidation sites excluding steroid dienone is 2. The summed E-state index contributed by atoms with van der Waals surface area (Å²) in [4.78, 5) is 0. The van der Waals surface area contributed by atoms with Crippen molar-refractivity contribution >= 4 is 0 Å². The van der Waals surface area contributed by atoms with Crippen LogP contribution in [0.5, 0.6) is 0 Å². The minimum Gasteiger partial charge on any atom is -0.373 e. The van der Waals surface area contributed by atoms with E-state index in [4.69, 9.17) is 4.74 Å². The van der Waals surface area contributed by atoms with E-state index >= 15 is 0 Å². The van der Waals surface area contributed by atoms with Crippen LogP contribution in [0.25, 0.3) is 0 Å². The first-order valence-electron chi connectivity index (χ1n) is 5.29. The van der Waals surface area contributed by atoms with E-state index in [1.54, 1.807) is 0 Å². The highest BCUT2D eigenvalue weighted by Crippen LogP contribution is 1.90. The van der Waals surface area contributed by atoms with Crippen molar-refractivity contribution in [2.75, 3.05) is 13.2 Å². The fraction of sp³-hybridized carbons (Fsp3) is 0.667. The van der Waals surface area contributed by atoms with Gasteiger partial charge in [-0.15, -0.1) is 0 Å². The summed E-state index contributed by atoms with van der Waals surface area (Å²) in [7, 11) is 0. The lowest BCUT2D eigenvalue weighted by Gasteiger charge is -1.94. The Hall–Kier alpha value is -0.560. The Morgan fingerprint density at radius 2 is 1.23 bits per heavy atom. The minimum absolute atomic E-state index is 0.746. The van der Waals surface area contributed by atoms with E-state index in [1.807, 2.05) is 0 Å². The van der Waals surface area contributed by atoms with Crippen LogP contribution < -0.4 is 0 Å². The van der Waals surface area contributed by atoms with Crippen LogP contribution in [0.3, 0.4) is 0 Å². The van der Waals surface area contributed by atoms with Gasteiger partial charge >= 0.3 is 0 Å². The third kappa shape index (κ3) is 11.4. The zero-order chi connectivity index (χ0) is 9.78. The Bertz CT molecular complexity index is 120. The Labute approximate surface area is 82.5 Å². The summed E-state index contributed by atoms with van der Waals surface area (Å²) in [5.41, 5.74) is 0. The summed E-state index contributed by atoms with van der Waals surface area (Å²) in [6.45, 7) is 5.85. The maximum absolute atomic E-state index is 5.35. The molecule has 0 bridgehead atoms. The third-order valence-corrected chi connectivity index (χ3v) is 1.67. The molecule has 0 aromatic rings. The molecule has 1 heteroatoms. The lowest BCUT2D eigenvalue weighted by Crippen LogP contribution is -1.89. The molecule has 0 heterocycles. The van der Waals surface area contributed by atoms with Crippen LogP contribution in [0.4, 0.5) is 0 Å². The van der Waals surface area contributed by atoms with Gasteiger partial charge in [-0.1, -0.05) is 51.0 Å². The summed E-state index contributed by atoms with van der Waals surface area (Å²) >= 11 is 0. The SMILES string of the molecule is CCC/C=C/COC/C=C/CCC. The fourth-order valence-electron chi connectivity index (χ4n) is 0.909. The maximum atomic E-state index is 5.35. The molecular weight excluding hydrogens is 160 g/mol. The molecule has 0 aromatic carbocycles. The smallest absolute Gasteiger partial charge is 0.0651 e. The van der Waals surface area contributed by atoms with Gasteiger partial charge in [0.05, 0.1) is 13.2 Å². The fourth-order valence-corrected chi connectivity index (χ4v) is 0.909. The van der Waals surface area contributed by atoms with Crippen LogP contribution in [0.1, 0.15) is 39.5 Å². The molecule has 0 aliphatic rings. The Morgan fingerprint density at radius 3 is 1.62 bits per heavy atom. The second-order valence-corrected chi connectivity index (χ2v) is 3.06. The molecule has 0 saturated carbocycles. The maximum Gasteiger partial charge on any atom is 0.0651 e. The van der Waals surface area contributed by atoms with Gasteiger partial charge in [-0.3, -0.25) is 0 Å². The van der Waals surface area contributed by atoms with Crippen LogP contribution in [-0.4, -0.2) is 13.2 Å². The van der Waals surface area contributed by atoms with Crippen molar-refractivity contribution in [3.63, 3.8) is 0 Å². The number of hydrogen-bond donors (Lipinski definition) is 0. The summed E-state index contributed by atoms with van der Waals surface area (Å²) in [5, 5.41) is 0. The van der Waals surface area contributed by atoms with E-state index in [-0.39, 0.29) is 0 Å². The number of hydrogen-bond acceptors (Lipinski definition) is 1. The molecule has 0 aromatic heterocycles. The van der Waals surface area contributed by atoms with Crippen LogP contribution in [0.2, 0.25) is 0 Å². The minimum atomic E-state index is 0.746. The number of ether oxygens (including phenoxy) is 1. The zero-order valence-corrected chi connectivity index (χ0v) is 8.96. The predicted octanol–water partition coefficient (Wildman–Crippen LogP) is 3.72. The van der Waals surface area contributed by atoms with E-state index in [0.717, 1.165) is 26.1 Å². The largest absolute Gasteiger partial charge is 0.373 e. The Morgan fingerprint density at radius 1 is 0.769 bits per heavy atom. The van der Waals surface area contributed by atoms with E-state index in [1.165, 1.54) is 12.8 Å². The zero-order valence-electron chi connectivity index (χ0n) is 8.96. The molecule has 0 fully saturated rings. The molecule has 0 saturated heterocycles. The number of rotatable bonds is 8. The molecule has 0 spiro atoms. The highest BCUT2D eigenvalue weighted by molar-refractivity contribution is 4.83. The van der Waals surface area contributed by atoms with Gasteiger partial charge in [-0.05, 0) is 12.8 Å². The topological polar surface area (TPSA) is 9.23 Å². The van der Waals surface area contributed by atoms with Gasteiger partial charge in [0.1, 0.15) is 0 Å². The monoisotopic (exact) mass is 182 g/mol. The van der Waals surface area contributed by atoms with Crippen molar-refractivity contribution in [2.24, 2.45) is 0 Å². The van der Waals surface area contributed by atoms with E-state index in [2.05, 4.69) is 38.2 Å². The van der Waals surface area contributed by atoms with Gasteiger partial charge in [0.15, 0.2) is 0 Å². The van der Waals surface area contributed by atoms with E-state index in [0.29, 0.717) is 0 Å². The molecule has 0 aliphatic carbocycles. The summed E-state index contributed by atoms with van der Waals surface area (Å²) in [6, 6.07) is 0. The standard InChI is InChI=1S/C12H22O/c1-3-5-7-9-11-13-12-10-8-6-4-2/h7-10H,3-6,11-12H2,1-2H3/b9-7+,10-8+. The van der Waals surface area contributed by atoms with Gasteiger partial charge in [0.25, 0.3) is 0 Å². The Balaban J connectivity index is 3.07. The van der Waals surface area contributed by atoms with Crippen LogP contribution in [0, 0.1) is 0 Å². The first-order valence-corrected chi connectivity index (χ1v) is 5.29. The van der Waals surface area contributed by atoms with Crippen molar-refractivity contribution in [1.29, 1.82) is 0 Å².